The number of fused-ring (bicyclic) bond motifs is 1. The predicted octanol–water partition coefficient (Wildman–Crippen LogP) is 6.60. The minimum absolute atomic E-state index is 0. The minimum atomic E-state index is -0.549. The summed E-state index contributed by atoms with van der Waals surface area (Å²) < 4.78 is 6.03. The molecule has 11 heteroatoms. The van der Waals surface area contributed by atoms with Crippen LogP contribution in [0.25, 0.3) is 0 Å². The van der Waals surface area contributed by atoms with Crippen molar-refractivity contribution in [2.24, 2.45) is 0 Å². The number of anilines is 2. The molecule has 3 aromatic carbocycles. The van der Waals surface area contributed by atoms with E-state index in [1.807, 2.05) is 48.8 Å². The van der Waals surface area contributed by atoms with Gasteiger partial charge in [0.1, 0.15) is 6.10 Å². The summed E-state index contributed by atoms with van der Waals surface area (Å²) in [7, 11) is 0. The highest BCUT2D eigenvalue weighted by molar-refractivity contribution is 6.30. The standard InChI is InChI=1S/C36H41ClN4O5.ClH/c1-4-8-33(42)40-19-17-39(18-20-40)23-34(43)46-32-11-7-16-41(31-15-12-26(37)22-30(31)32)36(45)29-14-13-27(21-25(29)3)38-35(44)28-10-6-5-9-24(28)2;/h5-6,9-10,12-15,21-22,32H,4,7-8,11,16-20,23H2,1-3H3,(H,38,44);1H. The largest absolute Gasteiger partial charge is 0.456 e. The number of benzene rings is 3. The SMILES string of the molecule is CCCC(=O)N1CCN(CC(=O)OC2CCCN(C(=O)c3ccc(NC(=O)c4ccccc4C)cc3C)c3ccc(Cl)cc32)CC1.Cl. The van der Waals surface area contributed by atoms with Gasteiger partial charge in [0.05, 0.1) is 12.2 Å². The number of hydrogen-bond donors (Lipinski definition) is 1. The number of ether oxygens (including phenoxy) is 1. The number of piperazine rings is 1. The number of carbonyl (C=O) groups excluding carboxylic acids is 4. The van der Waals surface area contributed by atoms with E-state index >= 15 is 0 Å². The molecule has 250 valence electrons. The molecular weight excluding hydrogens is 639 g/mol. The van der Waals surface area contributed by atoms with Gasteiger partial charge in [-0.1, -0.05) is 36.7 Å². The van der Waals surface area contributed by atoms with Crippen LogP contribution in [-0.2, 0) is 14.3 Å². The average Bonchev–Trinajstić information content (AvgIpc) is 3.20. The van der Waals surface area contributed by atoms with Gasteiger partial charge in [0.2, 0.25) is 5.91 Å². The average molecular weight is 682 g/mol. The molecule has 0 radical (unpaired) electrons. The molecular formula is C36H42Cl2N4O5. The first-order chi connectivity index (χ1) is 22.1. The van der Waals surface area contributed by atoms with E-state index in [2.05, 4.69) is 5.32 Å². The quantitative estimate of drug-likeness (QED) is 0.269. The molecule has 1 fully saturated rings. The zero-order valence-corrected chi connectivity index (χ0v) is 28.7. The third-order valence-corrected chi connectivity index (χ3v) is 8.88. The second-order valence-electron chi connectivity index (χ2n) is 12.0. The molecule has 1 N–H and O–H groups in total. The second kappa shape index (κ2) is 16.3. The first-order valence-corrected chi connectivity index (χ1v) is 16.3. The summed E-state index contributed by atoms with van der Waals surface area (Å²) in [6, 6.07) is 18.0. The number of esters is 1. The van der Waals surface area contributed by atoms with Crippen molar-refractivity contribution in [2.45, 2.75) is 52.6 Å². The van der Waals surface area contributed by atoms with Crippen molar-refractivity contribution in [1.29, 1.82) is 0 Å². The normalized spacial score (nSPS) is 16.4. The highest BCUT2D eigenvalue weighted by Gasteiger charge is 2.31. The van der Waals surface area contributed by atoms with E-state index in [1.165, 1.54) is 0 Å². The smallest absolute Gasteiger partial charge is 0.320 e. The van der Waals surface area contributed by atoms with E-state index in [0.29, 0.717) is 85.1 Å². The summed E-state index contributed by atoms with van der Waals surface area (Å²) in [5.41, 5.74) is 4.67. The molecule has 1 atom stereocenters. The van der Waals surface area contributed by atoms with Crippen molar-refractivity contribution in [3.05, 3.63) is 93.5 Å². The number of nitrogens with zero attached hydrogens (tertiary/aromatic N) is 3. The Morgan fingerprint density at radius 2 is 1.64 bits per heavy atom. The van der Waals surface area contributed by atoms with Crippen molar-refractivity contribution in [3.63, 3.8) is 0 Å². The summed E-state index contributed by atoms with van der Waals surface area (Å²) in [6.07, 6.45) is 1.99. The topological polar surface area (TPSA) is 99.3 Å². The fourth-order valence-electron chi connectivity index (χ4n) is 6.13. The number of halogens is 2. The maximum atomic E-state index is 14.0. The Hall–Kier alpha value is -3.92. The monoisotopic (exact) mass is 680 g/mol. The van der Waals surface area contributed by atoms with Crippen molar-refractivity contribution in [2.75, 3.05) is 49.5 Å². The number of amides is 3. The van der Waals surface area contributed by atoms with Gasteiger partial charge < -0.3 is 19.9 Å². The van der Waals surface area contributed by atoms with Crippen LogP contribution in [0.2, 0.25) is 5.02 Å². The lowest BCUT2D eigenvalue weighted by Crippen LogP contribution is -2.50. The van der Waals surface area contributed by atoms with E-state index < -0.39 is 6.10 Å². The fourth-order valence-corrected chi connectivity index (χ4v) is 6.31. The zero-order valence-electron chi connectivity index (χ0n) is 27.1. The van der Waals surface area contributed by atoms with Crippen LogP contribution in [0.1, 0.15) is 76.1 Å². The molecule has 1 unspecified atom stereocenters. The van der Waals surface area contributed by atoms with Gasteiger partial charge in [0.25, 0.3) is 11.8 Å². The molecule has 2 heterocycles. The maximum absolute atomic E-state index is 14.0. The molecule has 3 amide bonds. The fraction of sp³-hybridized carbons (Fsp3) is 0.389. The van der Waals surface area contributed by atoms with Crippen LogP contribution in [0.15, 0.2) is 60.7 Å². The highest BCUT2D eigenvalue weighted by Crippen LogP contribution is 2.38. The molecule has 47 heavy (non-hydrogen) atoms. The van der Waals surface area contributed by atoms with E-state index in [9.17, 15) is 19.2 Å². The van der Waals surface area contributed by atoms with Crippen LogP contribution < -0.4 is 10.2 Å². The Morgan fingerprint density at radius 1 is 0.894 bits per heavy atom. The number of hydrogen-bond acceptors (Lipinski definition) is 6. The first kappa shape index (κ1) is 35.9. The van der Waals surface area contributed by atoms with Gasteiger partial charge in [0.15, 0.2) is 0 Å². The molecule has 9 nitrogen and oxygen atoms in total. The molecule has 1 saturated heterocycles. The first-order valence-electron chi connectivity index (χ1n) is 15.9. The van der Waals surface area contributed by atoms with Crippen molar-refractivity contribution in [1.82, 2.24) is 9.80 Å². The van der Waals surface area contributed by atoms with Crippen LogP contribution in [0.5, 0.6) is 0 Å². The minimum Gasteiger partial charge on any atom is -0.456 e. The number of rotatable bonds is 8. The van der Waals surface area contributed by atoms with E-state index in [0.717, 1.165) is 17.5 Å². The third kappa shape index (κ3) is 8.71. The summed E-state index contributed by atoms with van der Waals surface area (Å²) in [6.45, 7) is 8.75. The van der Waals surface area contributed by atoms with Crippen LogP contribution in [0.3, 0.4) is 0 Å². The third-order valence-electron chi connectivity index (χ3n) is 8.64. The van der Waals surface area contributed by atoms with Gasteiger partial charge in [-0.25, -0.2) is 0 Å². The highest BCUT2D eigenvalue weighted by atomic mass is 35.5. The molecule has 0 spiro atoms. The molecule has 3 aromatic rings. The molecule has 2 aliphatic rings. The summed E-state index contributed by atoms with van der Waals surface area (Å²) in [5.74, 6) is -0.574. The number of aryl methyl sites for hydroxylation is 2. The van der Waals surface area contributed by atoms with E-state index in [-0.39, 0.29) is 42.6 Å². The van der Waals surface area contributed by atoms with Crippen LogP contribution in [0.4, 0.5) is 11.4 Å². The molecule has 0 aromatic heterocycles. The summed E-state index contributed by atoms with van der Waals surface area (Å²) in [5, 5.41) is 3.43. The van der Waals surface area contributed by atoms with Gasteiger partial charge >= 0.3 is 5.97 Å². The van der Waals surface area contributed by atoms with E-state index in [1.54, 1.807) is 47.4 Å². The van der Waals surface area contributed by atoms with Crippen LogP contribution >= 0.6 is 24.0 Å². The Labute approximate surface area is 287 Å². The predicted molar refractivity (Wildman–Crippen MR) is 187 cm³/mol. The summed E-state index contributed by atoms with van der Waals surface area (Å²) in [4.78, 5) is 57.8. The number of carbonyl (C=O) groups is 4. The Morgan fingerprint density at radius 3 is 2.34 bits per heavy atom. The summed E-state index contributed by atoms with van der Waals surface area (Å²) >= 11 is 6.41. The molecule has 0 aliphatic carbocycles. The zero-order chi connectivity index (χ0) is 32.8. The van der Waals surface area contributed by atoms with Crippen LogP contribution in [-0.4, -0.2) is 72.8 Å². The lowest BCUT2D eigenvalue weighted by molar-refractivity contribution is -0.151. The number of nitrogens with one attached hydrogen (secondary N) is 1. The van der Waals surface area contributed by atoms with Gasteiger partial charge in [-0.15, -0.1) is 12.4 Å². The van der Waals surface area contributed by atoms with Gasteiger partial charge in [-0.3, -0.25) is 24.1 Å². The lowest BCUT2D eigenvalue weighted by atomic mass is 10.0. The van der Waals surface area contributed by atoms with E-state index in [4.69, 9.17) is 16.3 Å². The molecule has 0 saturated carbocycles. The molecule has 0 bridgehead atoms. The van der Waals surface area contributed by atoms with Crippen LogP contribution in [0, 0.1) is 13.8 Å². The van der Waals surface area contributed by atoms with Gasteiger partial charge in [-0.05, 0) is 86.7 Å². The van der Waals surface area contributed by atoms with Crippen molar-refractivity contribution >= 4 is 59.1 Å². The molecule has 2 aliphatic heterocycles. The van der Waals surface area contributed by atoms with Gasteiger partial charge in [-0.2, -0.15) is 0 Å². The maximum Gasteiger partial charge on any atom is 0.320 e. The Kier molecular flexibility index (Phi) is 12.4. The second-order valence-corrected chi connectivity index (χ2v) is 12.4. The lowest BCUT2D eigenvalue weighted by Gasteiger charge is -2.34. The van der Waals surface area contributed by atoms with Crippen molar-refractivity contribution in [3.8, 4) is 0 Å². The molecule has 5 rings (SSSR count). The van der Waals surface area contributed by atoms with Gasteiger partial charge in [0, 0.05) is 66.5 Å². The Bertz CT molecular complexity index is 1620. The Balaban J connectivity index is 0.00000500. The van der Waals surface area contributed by atoms with Crippen molar-refractivity contribution < 1.29 is 23.9 Å².